The summed E-state index contributed by atoms with van der Waals surface area (Å²) in [6.07, 6.45) is 0.988. The summed E-state index contributed by atoms with van der Waals surface area (Å²) in [5.41, 5.74) is 1.36. The SMILES string of the molecule is C/C(=C\[N+](=O)[O-])c1cccc(Oc2ccccc2)c1. The molecular formula is C15H13NO3. The van der Waals surface area contributed by atoms with Gasteiger partial charge < -0.3 is 4.74 Å². The molecule has 0 saturated carbocycles. The highest BCUT2D eigenvalue weighted by Crippen LogP contribution is 2.24. The van der Waals surface area contributed by atoms with Gasteiger partial charge in [0, 0.05) is 5.57 Å². The van der Waals surface area contributed by atoms with Gasteiger partial charge in [0.15, 0.2) is 0 Å². The fourth-order valence-electron chi connectivity index (χ4n) is 1.66. The van der Waals surface area contributed by atoms with E-state index in [2.05, 4.69) is 0 Å². The summed E-state index contributed by atoms with van der Waals surface area (Å²) in [5.74, 6) is 1.38. The predicted molar refractivity (Wildman–Crippen MR) is 73.6 cm³/mol. The van der Waals surface area contributed by atoms with E-state index in [1.807, 2.05) is 48.5 Å². The van der Waals surface area contributed by atoms with Gasteiger partial charge in [-0.15, -0.1) is 0 Å². The fraction of sp³-hybridized carbons (Fsp3) is 0.0667. The topological polar surface area (TPSA) is 52.4 Å². The van der Waals surface area contributed by atoms with Crippen LogP contribution in [0.2, 0.25) is 0 Å². The van der Waals surface area contributed by atoms with Gasteiger partial charge in [0.2, 0.25) is 6.20 Å². The van der Waals surface area contributed by atoms with Gasteiger partial charge in [0.1, 0.15) is 11.5 Å². The average molecular weight is 255 g/mol. The van der Waals surface area contributed by atoms with Gasteiger partial charge >= 0.3 is 0 Å². The molecule has 0 heterocycles. The molecule has 0 spiro atoms. The highest BCUT2D eigenvalue weighted by atomic mass is 16.6. The van der Waals surface area contributed by atoms with Crippen LogP contribution in [0.25, 0.3) is 5.57 Å². The van der Waals surface area contributed by atoms with Gasteiger partial charge in [0.05, 0.1) is 4.92 Å². The molecule has 0 amide bonds. The second-order valence-electron chi connectivity index (χ2n) is 4.04. The van der Waals surface area contributed by atoms with Crippen LogP contribution in [0, 0.1) is 10.1 Å². The van der Waals surface area contributed by atoms with Crippen LogP contribution in [0.4, 0.5) is 0 Å². The largest absolute Gasteiger partial charge is 0.457 e. The second kappa shape index (κ2) is 5.82. The minimum absolute atomic E-state index is 0.458. The van der Waals surface area contributed by atoms with Crippen molar-refractivity contribution in [3.63, 3.8) is 0 Å². The summed E-state index contributed by atoms with van der Waals surface area (Å²) >= 11 is 0. The van der Waals surface area contributed by atoms with E-state index in [4.69, 9.17) is 4.74 Å². The van der Waals surface area contributed by atoms with E-state index in [-0.39, 0.29) is 0 Å². The molecule has 2 rings (SSSR count). The van der Waals surface area contributed by atoms with Crippen molar-refractivity contribution in [2.75, 3.05) is 0 Å². The number of ether oxygens (including phenoxy) is 1. The zero-order valence-corrected chi connectivity index (χ0v) is 10.4. The molecule has 0 aliphatic rings. The van der Waals surface area contributed by atoms with Crippen LogP contribution in [-0.4, -0.2) is 4.92 Å². The van der Waals surface area contributed by atoms with Gasteiger partial charge in [-0.25, -0.2) is 0 Å². The Hall–Kier alpha value is -2.62. The van der Waals surface area contributed by atoms with E-state index in [0.717, 1.165) is 17.5 Å². The zero-order chi connectivity index (χ0) is 13.7. The molecule has 4 nitrogen and oxygen atoms in total. The van der Waals surface area contributed by atoms with Crippen molar-refractivity contribution in [2.45, 2.75) is 6.92 Å². The predicted octanol–water partition coefficient (Wildman–Crippen LogP) is 4.12. The van der Waals surface area contributed by atoms with Crippen molar-refractivity contribution in [1.29, 1.82) is 0 Å². The molecule has 2 aromatic rings. The Morgan fingerprint density at radius 3 is 2.47 bits per heavy atom. The number of hydrogen-bond acceptors (Lipinski definition) is 3. The first-order valence-corrected chi connectivity index (χ1v) is 5.80. The Bertz CT molecular complexity index is 606. The van der Waals surface area contributed by atoms with Crippen molar-refractivity contribution in [1.82, 2.24) is 0 Å². The molecule has 4 heteroatoms. The average Bonchev–Trinajstić information content (AvgIpc) is 2.39. The lowest BCUT2D eigenvalue weighted by Gasteiger charge is -2.07. The highest BCUT2D eigenvalue weighted by Gasteiger charge is 2.03. The number of nitrogens with zero attached hydrogens (tertiary/aromatic N) is 1. The van der Waals surface area contributed by atoms with Gasteiger partial charge in [-0.05, 0) is 36.8 Å². The van der Waals surface area contributed by atoms with E-state index >= 15 is 0 Å². The molecule has 0 fully saturated rings. The molecule has 0 bridgehead atoms. The van der Waals surface area contributed by atoms with Crippen molar-refractivity contribution in [3.8, 4) is 11.5 Å². The molecule has 0 aliphatic carbocycles. The minimum Gasteiger partial charge on any atom is -0.457 e. The van der Waals surface area contributed by atoms with Crippen molar-refractivity contribution in [3.05, 3.63) is 76.5 Å². The standard InChI is InChI=1S/C15H13NO3/c1-12(11-16(17)18)13-6-5-9-15(10-13)19-14-7-3-2-4-8-14/h2-11H,1H3/b12-11+. The zero-order valence-electron chi connectivity index (χ0n) is 10.4. The summed E-state index contributed by atoms with van der Waals surface area (Å²) in [7, 11) is 0. The Kier molecular flexibility index (Phi) is 3.93. The van der Waals surface area contributed by atoms with Crippen LogP contribution < -0.4 is 4.74 Å². The number of hydrogen-bond donors (Lipinski definition) is 0. The number of rotatable bonds is 4. The Morgan fingerprint density at radius 1 is 1.11 bits per heavy atom. The van der Waals surface area contributed by atoms with Crippen molar-refractivity contribution < 1.29 is 9.66 Å². The Morgan fingerprint density at radius 2 is 1.79 bits per heavy atom. The lowest BCUT2D eigenvalue weighted by Crippen LogP contribution is -1.89. The minimum atomic E-state index is -0.458. The molecule has 0 atom stereocenters. The Labute approximate surface area is 111 Å². The molecule has 19 heavy (non-hydrogen) atoms. The van der Waals surface area contributed by atoms with Crippen LogP contribution in [-0.2, 0) is 0 Å². The molecule has 2 aromatic carbocycles. The first-order valence-electron chi connectivity index (χ1n) is 5.80. The van der Waals surface area contributed by atoms with Crippen molar-refractivity contribution in [2.24, 2.45) is 0 Å². The molecule has 0 N–H and O–H groups in total. The molecule has 0 unspecified atom stereocenters. The first-order chi connectivity index (χ1) is 9.15. The fourth-order valence-corrected chi connectivity index (χ4v) is 1.66. The molecular weight excluding hydrogens is 242 g/mol. The van der Waals surface area contributed by atoms with E-state index < -0.39 is 4.92 Å². The van der Waals surface area contributed by atoms with Crippen LogP contribution in [0.5, 0.6) is 11.5 Å². The molecule has 0 aromatic heterocycles. The van der Waals surface area contributed by atoms with Gasteiger partial charge in [-0.3, -0.25) is 10.1 Å². The quantitative estimate of drug-likeness (QED) is 0.610. The maximum Gasteiger partial charge on any atom is 0.237 e. The lowest BCUT2D eigenvalue weighted by molar-refractivity contribution is -0.401. The van der Waals surface area contributed by atoms with E-state index in [0.29, 0.717) is 11.3 Å². The smallest absolute Gasteiger partial charge is 0.237 e. The van der Waals surface area contributed by atoms with Crippen LogP contribution in [0.1, 0.15) is 12.5 Å². The third kappa shape index (κ3) is 3.67. The normalized spacial score (nSPS) is 11.1. The van der Waals surface area contributed by atoms with E-state index in [1.54, 1.807) is 13.0 Å². The number of para-hydroxylation sites is 1. The van der Waals surface area contributed by atoms with Crippen LogP contribution in [0.15, 0.2) is 60.8 Å². The summed E-state index contributed by atoms with van der Waals surface area (Å²) in [4.78, 5) is 10.00. The lowest BCUT2D eigenvalue weighted by atomic mass is 10.1. The van der Waals surface area contributed by atoms with Gasteiger partial charge in [0.25, 0.3) is 0 Å². The molecule has 96 valence electrons. The third-order valence-corrected chi connectivity index (χ3v) is 2.57. The summed E-state index contributed by atoms with van der Waals surface area (Å²) in [6, 6.07) is 16.6. The van der Waals surface area contributed by atoms with E-state index in [9.17, 15) is 10.1 Å². The number of nitro groups is 1. The van der Waals surface area contributed by atoms with Crippen LogP contribution >= 0.6 is 0 Å². The van der Waals surface area contributed by atoms with Crippen LogP contribution in [0.3, 0.4) is 0 Å². The Balaban J connectivity index is 2.23. The number of benzene rings is 2. The highest BCUT2D eigenvalue weighted by molar-refractivity contribution is 5.63. The maximum absolute atomic E-state index is 10.5. The van der Waals surface area contributed by atoms with Gasteiger partial charge in [-0.2, -0.15) is 0 Å². The van der Waals surface area contributed by atoms with Crippen molar-refractivity contribution >= 4 is 5.57 Å². The summed E-state index contributed by atoms with van der Waals surface area (Å²) < 4.78 is 5.68. The summed E-state index contributed by atoms with van der Waals surface area (Å²) in [6.45, 7) is 1.70. The number of allylic oxidation sites excluding steroid dienone is 1. The van der Waals surface area contributed by atoms with Gasteiger partial charge in [-0.1, -0.05) is 30.3 Å². The van der Waals surface area contributed by atoms with E-state index in [1.165, 1.54) is 0 Å². The third-order valence-electron chi connectivity index (χ3n) is 2.57. The molecule has 0 radical (unpaired) electrons. The molecule has 0 saturated heterocycles. The maximum atomic E-state index is 10.5. The second-order valence-corrected chi connectivity index (χ2v) is 4.04. The monoisotopic (exact) mass is 255 g/mol. The summed E-state index contributed by atoms with van der Waals surface area (Å²) in [5, 5.41) is 10.5. The first kappa shape index (κ1) is 12.8. The molecule has 0 aliphatic heterocycles.